The van der Waals surface area contributed by atoms with Crippen LogP contribution in [0.4, 0.5) is 5.69 Å². The number of nitrogens with one attached hydrogen (secondary N) is 3. The van der Waals surface area contributed by atoms with Crippen molar-refractivity contribution < 1.29 is 29.0 Å². The molecule has 0 bridgehead atoms. The van der Waals surface area contributed by atoms with Crippen molar-refractivity contribution in [3.05, 3.63) is 47.3 Å². The lowest BCUT2D eigenvalue weighted by Crippen LogP contribution is -2.73. The zero-order valence-corrected chi connectivity index (χ0v) is 45.9. The number of hydrogen-bond acceptors (Lipinski definition) is 12. The number of nitrogens with zero attached hydrogens (tertiary/aromatic N) is 6. The number of benzene rings is 1. The number of fused-ring (bicyclic) bond motifs is 1. The number of aromatic nitrogens is 2. The summed E-state index contributed by atoms with van der Waals surface area (Å²) in [4.78, 5) is 54.3. The van der Waals surface area contributed by atoms with Crippen LogP contribution in [-0.2, 0) is 36.8 Å². The topological polar surface area (TPSA) is 157 Å². The minimum Gasteiger partial charge on any atom is -0.395 e. The molecule has 4 N–H and O–H groups in total. The fraction of sp³-hybridized carbons (Fsp3) is 0.719. The second-order valence-electron chi connectivity index (χ2n) is 23.4. The molecule has 0 saturated carbocycles. The number of hydrazine groups is 1. The summed E-state index contributed by atoms with van der Waals surface area (Å²) in [5.74, 6) is -0.167. The average Bonchev–Trinajstić information content (AvgIpc) is 3.84. The van der Waals surface area contributed by atoms with E-state index in [1.54, 1.807) is 12.1 Å². The lowest BCUT2D eigenvalue weighted by atomic mass is 9.76. The normalized spacial score (nSPS) is 22.2. The number of pyridine rings is 1. The molecule has 6 heterocycles. The molecule has 1 aromatic carbocycles. The van der Waals surface area contributed by atoms with Gasteiger partial charge in [0.1, 0.15) is 12.3 Å². The van der Waals surface area contributed by atoms with Crippen molar-refractivity contribution >= 4 is 34.7 Å². The monoisotopic (exact) mass is 998 g/mol. The molecule has 6 unspecified atom stereocenters. The van der Waals surface area contributed by atoms with E-state index in [-0.39, 0.29) is 58.9 Å². The molecule has 15 nitrogen and oxygen atoms in total. The minimum absolute atomic E-state index is 0.0195. The van der Waals surface area contributed by atoms with Crippen LogP contribution in [0.15, 0.2) is 30.5 Å². The molecule has 4 aliphatic rings. The molecule has 4 aliphatic heterocycles. The maximum Gasteiger partial charge on any atom is 0.260 e. The summed E-state index contributed by atoms with van der Waals surface area (Å²) in [6, 6.07) is 7.48. The smallest absolute Gasteiger partial charge is 0.260 e. The van der Waals surface area contributed by atoms with Gasteiger partial charge in [0.15, 0.2) is 0 Å². The van der Waals surface area contributed by atoms with E-state index in [4.69, 9.17) is 14.5 Å². The summed E-state index contributed by atoms with van der Waals surface area (Å²) in [6.45, 7) is 29.4. The van der Waals surface area contributed by atoms with Gasteiger partial charge in [0.05, 0.1) is 43.4 Å². The third-order valence-electron chi connectivity index (χ3n) is 16.5. The van der Waals surface area contributed by atoms with Crippen LogP contribution in [0.2, 0.25) is 0 Å². The zero-order valence-electron chi connectivity index (χ0n) is 45.9. The number of aldehydes is 1. The summed E-state index contributed by atoms with van der Waals surface area (Å²) >= 11 is 0. The Balaban J connectivity index is 1.28. The Morgan fingerprint density at radius 3 is 2.51 bits per heavy atom. The summed E-state index contributed by atoms with van der Waals surface area (Å²) in [5.41, 5.74) is 10.6. The second kappa shape index (κ2) is 24.1. The maximum absolute atomic E-state index is 15.3. The molecule has 72 heavy (non-hydrogen) atoms. The highest BCUT2D eigenvalue weighted by atomic mass is 16.5. The van der Waals surface area contributed by atoms with E-state index in [0.717, 1.165) is 130 Å². The van der Waals surface area contributed by atoms with Gasteiger partial charge in [-0.3, -0.25) is 29.4 Å². The molecular formula is C57H91N9O6. The van der Waals surface area contributed by atoms with Crippen LogP contribution in [-0.4, -0.2) is 157 Å². The molecule has 15 heteroatoms. The van der Waals surface area contributed by atoms with E-state index < -0.39 is 12.1 Å². The Kier molecular flexibility index (Phi) is 18.7. The number of amides is 2. The van der Waals surface area contributed by atoms with Gasteiger partial charge < -0.3 is 39.5 Å². The zero-order chi connectivity index (χ0) is 52.0. The molecule has 3 aromatic rings. The number of rotatable bonds is 26. The second-order valence-corrected chi connectivity index (χ2v) is 23.4. The van der Waals surface area contributed by atoms with Gasteiger partial charge in [0.25, 0.3) is 5.91 Å². The largest absolute Gasteiger partial charge is 0.395 e. The molecule has 6 atom stereocenters. The average molecular weight is 998 g/mol. The van der Waals surface area contributed by atoms with E-state index in [1.165, 1.54) is 5.56 Å². The van der Waals surface area contributed by atoms with E-state index in [0.29, 0.717) is 45.7 Å². The number of ether oxygens (including phenoxy) is 2. The van der Waals surface area contributed by atoms with Gasteiger partial charge in [-0.2, -0.15) is 0 Å². The fourth-order valence-corrected chi connectivity index (χ4v) is 12.5. The van der Waals surface area contributed by atoms with Crippen molar-refractivity contribution in [3.63, 3.8) is 0 Å². The fourth-order valence-electron chi connectivity index (χ4n) is 12.5. The first-order valence-electron chi connectivity index (χ1n) is 27.5. The number of carbonyl (C=O) groups is 3. The highest BCUT2D eigenvalue weighted by molar-refractivity contribution is 5.95. The van der Waals surface area contributed by atoms with Crippen LogP contribution in [0.3, 0.4) is 0 Å². The molecule has 2 aromatic heterocycles. The third-order valence-corrected chi connectivity index (χ3v) is 16.5. The number of hydrogen-bond donors (Lipinski definition) is 4. The van der Waals surface area contributed by atoms with Crippen LogP contribution in [0.5, 0.6) is 0 Å². The first-order chi connectivity index (χ1) is 34.4. The number of aliphatic hydroxyl groups excluding tert-OH is 1. The van der Waals surface area contributed by atoms with Gasteiger partial charge in [-0.1, -0.05) is 34.6 Å². The molecule has 400 valence electrons. The number of likely N-dealkylation sites (tertiary alicyclic amines) is 2. The van der Waals surface area contributed by atoms with Gasteiger partial charge in [-0.05, 0) is 146 Å². The van der Waals surface area contributed by atoms with Gasteiger partial charge in [-0.15, -0.1) is 0 Å². The lowest BCUT2D eigenvalue weighted by molar-refractivity contribution is -0.202. The highest BCUT2D eigenvalue weighted by Crippen LogP contribution is 2.44. The Labute approximate surface area is 431 Å². The third kappa shape index (κ3) is 12.2. The number of aryl methyl sites for hydroxylation is 2. The van der Waals surface area contributed by atoms with Gasteiger partial charge in [0.2, 0.25) is 5.91 Å². The highest BCUT2D eigenvalue weighted by Gasteiger charge is 2.54. The van der Waals surface area contributed by atoms with E-state index in [2.05, 4.69) is 122 Å². The predicted molar refractivity (Wildman–Crippen MR) is 288 cm³/mol. The van der Waals surface area contributed by atoms with Crippen molar-refractivity contribution in [2.75, 3.05) is 84.2 Å². The molecule has 4 fully saturated rings. The van der Waals surface area contributed by atoms with Gasteiger partial charge >= 0.3 is 0 Å². The van der Waals surface area contributed by atoms with Gasteiger partial charge in [-0.25, -0.2) is 5.43 Å². The SMILES string of the molecule is CCCNCC1(C)CCCN1C(C(=O)NC(C(=O)N1CCCC(C)N1)C(CCN(CCO)c1ccc2c(c1)c(CC(C)(C)CCC=O)c(-c1cc(C)cnc1C(C)OC)n2CC)N1CC2(COC2)C1)C(C)C. The number of carbonyl (C=O) groups excluding carboxylic acids is 3. The molecule has 0 radical (unpaired) electrons. The number of anilines is 1. The Morgan fingerprint density at radius 2 is 1.88 bits per heavy atom. The van der Waals surface area contributed by atoms with Crippen LogP contribution in [0, 0.1) is 23.7 Å². The van der Waals surface area contributed by atoms with Crippen molar-refractivity contribution in [1.29, 1.82) is 0 Å². The van der Waals surface area contributed by atoms with Crippen molar-refractivity contribution in [2.24, 2.45) is 16.7 Å². The van der Waals surface area contributed by atoms with Crippen LogP contribution >= 0.6 is 0 Å². The summed E-state index contributed by atoms with van der Waals surface area (Å²) in [7, 11) is 1.72. The molecule has 0 aliphatic carbocycles. The van der Waals surface area contributed by atoms with Crippen LogP contribution in [0.25, 0.3) is 22.2 Å². The standard InChI is InChI=1S/C57H91N9O6/c1-12-23-58-34-56(10)22-15-24-65(56)51(39(3)4)53(69)60-50(54(70)66-25-14-17-41(6)61-66)48(63-35-57(36-63)37-72-38-57)20-26-62(27-29-68)43-18-19-47-44(31-43)46(32-55(8,9)21-16-28-67)52(64(47)13-2)45-30-40(5)33-59-49(45)42(7)71-11/h18-19,28,30-31,33,39,41-42,48,50-51,58,61,68H,12-17,20-27,29,32,34-38H2,1-11H3,(H,60,69). The number of aliphatic hydroxyl groups is 1. The Hall–Kier alpha value is -3.96. The van der Waals surface area contributed by atoms with Crippen molar-refractivity contribution in [3.8, 4) is 11.3 Å². The predicted octanol–water partition coefficient (Wildman–Crippen LogP) is 7.06. The Morgan fingerprint density at radius 1 is 1.11 bits per heavy atom. The Bertz CT molecular complexity index is 2310. The lowest BCUT2D eigenvalue weighted by Gasteiger charge is -2.58. The molecule has 2 amide bonds. The quantitative estimate of drug-likeness (QED) is 0.0481. The van der Waals surface area contributed by atoms with Crippen LogP contribution in [0.1, 0.15) is 137 Å². The summed E-state index contributed by atoms with van der Waals surface area (Å²) in [5, 5.41) is 20.9. The number of methoxy groups -OCH3 is 1. The first-order valence-corrected chi connectivity index (χ1v) is 27.5. The summed E-state index contributed by atoms with van der Waals surface area (Å²) in [6.07, 6.45) is 10.2. The molecule has 1 spiro atoms. The van der Waals surface area contributed by atoms with E-state index in [1.807, 2.05) is 13.1 Å². The minimum atomic E-state index is -0.812. The molecule has 4 saturated heterocycles. The van der Waals surface area contributed by atoms with Crippen LogP contribution < -0.4 is 21.0 Å². The summed E-state index contributed by atoms with van der Waals surface area (Å²) < 4.78 is 14.1. The maximum atomic E-state index is 15.3. The molecular weight excluding hydrogens is 907 g/mol. The van der Waals surface area contributed by atoms with E-state index >= 15 is 9.59 Å². The molecule has 7 rings (SSSR count). The van der Waals surface area contributed by atoms with Gasteiger partial charge in [0, 0.05) is 111 Å². The van der Waals surface area contributed by atoms with Crippen molar-refractivity contribution in [1.82, 2.24) is 40.4 Å². The van der Waals surface area contributed by atoms with Crippen molar-refractivity contribution in [2.45, 2.75) is 169 Å². The first kappa shape index (κ1) is 55.8. The van der Waals surface area contributed by atoms with E-state index in [9.17, 15) is 9.90 Å².